The van der Waals surface area contributed by atoms with E-state index in [0.717, 1.165) is 12.5 Å². The molecule has 0 spiro atoms. The molecule has 1 nitrogen and oxygen atoms in total. The van der Waals surface area contributed by atoms with E-state index in [0.29, 0.717) is 0 Å². The van der Waals surface area contributed by atoms with Crippen LogP contribution in [0.2, 0.25) is 0 Å². The van der Waals surface area contributed by atoms with Crippen molar-refractivity contribution in [3.63, 3.8) is 0 Å². The van der Waals surface area contributed by atoms with Crippen molar-refractivity contribution in [1.29, 1.82) is 0 Å². The van der Waals surface area contributed by atoms with E-state index in [-0.39, 0.29) is 0 Å². The van der Waals surface area contributed by atoms with Crippen LogP contribution in [-0.2, 0) is 0 Å². The van der Waals surface area contributed by atoms with E-state index in [1.54, 1.807) is 0 Å². The maximum absolute atomic E-state index is 5.49. The molecule has 0 amide bonds. The largest absolute Gasteiger partial charge is 0.330 e. The standard InChI is InChI=1S/C9H21N.C8H18/c1-3-4-5-6-7-9(2)8-10;1-3-5-7-8-6-4-2/h9H,3-8,10H2,1-2H3;3-8H2,1-2H3. The van der Waals surface area contributed by atoms with E-state index < -0.39 is 0 Å². The van der Waals surface area contributed by atoms with E-state index in [9.17, 15) is 0 Å². The topological polar surface area (TPSA) is 26.0 Å². The molecule has 0 aliphatic heterocycles. The third-order valence-electron chi connectivity index (χ3n) is 3.41. The second-order valence-electron chi connectivity index (χ2n) is 5.60. The number of rotatable bonds is 11. The second-order valence-corrected chi connectivity index (χ2v) is 5.60. The van der Waals surface area contributed by atoms with Crippen LogP contribution in [0.4, 0.5) is 0 Å². The molecule has 1 atom stereocenters. The van der Waals surface area contributed by atoms with Crippen molar-refractivity contribution < 1.29 is 0 Å². The Bertz CT molecular complexity index is 117. The smallest absolute Gasteiger partial charge is 0.00515 e. The molecular weight excluding hydrogens is 218 g/mol. The lowest BCUT2D eigenvalue weighted by atomic mass is 10.0. The van der Waals surface area contributed by atoms with Crippen LogP contribution in [0.25, 0.3) is 0 Å². The number of hydrogen-bond acceptors (Lipinski definition) is 1. The highest BCUT2D eigenvalue weighted by molar-refractivity contribution is 4.52. The Morgan fingerprint density at radius 1 is 0.667 bits per heavy atom. The van der Waals surface area contributed by atoms with Crippen LogP contribution in [0, 0.1) is 5.92 Å². The Labute approximate surface area is 117 Å². The van der Waals surface area contributed by atoms with E-state index in [1.165, 1.54) is 70.6 Å². The molecule has 0 saturated heterocycles. The minimum Gasteiger partial charge on any atom is -0.330 e. The van der Waals surface area contributed by atoms with Crippen molar-refractivity contribution in [1.82, 2.24) is 0 Å². The van der Waals surface area contributed by atoms with Gasteiger partial charge in [0.15, 0.2) is 0 Å². The third kappa shape index (κ3) is 21.3. The Kier molecular flexibility index (Phi) is 21.7. The highest BCUT2D eigenvalue weighted by Gasteiger charge is 1.96. The normalized spacial score (nSPS) is 11.8. The van der Waals surface area contributed by atoms with Gasteiger partial charge in [0, 0.05) is 0 Å². The van der Waals surface area contributed by atoms with Crippen molar-refractivity contribution in [3.05, 3.63) is 0 Å². The summed E-state index contributed by atoms with van der Waals surface area (Å²) in [6.45, 7) is 9.84. The minimum absolute atomic E-state index is 0.733. The predicted octanol–water partition coefficient (Wildman–Crippen LogP) is 5.92. The lowest BCUT2D eigenvalue weighted by molar-refractivity contribution is 0.498. The number of unbranched alkanes of at least 4 members (excludes halogenated alkanes) is 8. The van der Waals surface area contributed by atoms with Gasteiger partial charge in [0.1, 0.15) is 0 Å². The highest BCUT2D eigenvalue weighted by atomic mass is 14.5. The first-order valence-corrected chi connectivity index (χ1v) is 8.42. The fourth-order valence-corrected chi connectivity index (χ4v) is 1.89. The first kappa shape index (κ1) is 20.3. The summed E-state index contributed by atoms with van der Waals surface area (Å²) in [4.78, 5) is 0. The van der Waals surface area contributed by atoms with E-state index in [1.807, 2.05) is 0 Å². The molecule has 0 radical (unpaired) electrons. The van der Waals surface area contributed by atoms with Crippen LogP contribution in [0.5, 0.6) is 0 Å². The van der Waals surface area contributed by atoms with Crippen LogP contribution < -0.4 is 5.73 Å². The summed E-state index contributed by atoms with van der Waals surface area (Å²) >= 11 is 0. The summed E-state index contributed by atoms with van der Waals surface area (Å²) in [5.41, 5.74) is 5.49. The van der Waals surface area contributed by atoms with Gasteiger partial charge >= 0.3 is 0 Å². The van der Waals surface area contributed by atoms with E-state index >= 15 is 0 Å². The quantitative estimate of drug-likeness (QED) is 0.457. The SMILES string of the molecule is CCCCCCC(C)CN.CCCCCCCC. The molecule has 1 heteroatoms. The van der Waals surface area contributed by atoms with Crippen LogP contribution in [-0.4, -0.2) is 6.54 Å². The van der Waals surface area contributed by atoms with Crippen molar-refractivity contribution in [3.8, 4) is 0 Å². The zero-order chi connectivity index (χ0) is 14.1. The molecule has 0 fully saturated rings. The van der Waals surface area contributed by atoms with Gasteiger partial charge in [-0.15, -0.1) is 0 Å². The van der Waals surface area contributed by atoms with Crippen LogP contribution in [0.3, 0.4) is 0 Å². The average Bonchev–Trinajstić information content (AvgIpc) is 2.40. The van der Waals surface area contributed by atoms with E-state index in [2.05, 4.69) is 27.7 Å². The van der Waals surface area contributed by atoms with E-state index in [4.69, 9.17) is 5.73 Å². The first-order chi connectivity index (χ1) is 8.72. The van der Waals surface area contributed by atoms with Crippen molar-refractivity contribution in [2.75, 3.05) is 6.54 Å². The van der Waals surface area contributed by atoms with Gasteiger partial charge in [-0.25, -0.2) is 0 Å². The predicted molar refractivity (Wildman–Crippen MR) is 86.0 cm³/mol. The van der Waals surface area contributed by atoms with Gasteiger partial charge in [-0.3, -0.25) is 0 Å². The molecule has 2 N–H and O–H groups in total. The van der Waals surface area contributed by atoms with Gasteiger partial charge in [-0.05, 0) is 18.9 Å². The third-order valence-corrected chi connectivity index (χ3v) is 3.41. The molecule has 0 bridgehead atoms. The monoisotopic (exact) mass is 257 g/mol. The van der Waals surface area contributed by atoms with Crippen LogP contribution in [0.1, 0.15) is 98.3 Å². The first-order valence-electron chi connectivity index (χ1n) is 8.42. The molecule has 0 aromatic carbocycles. The van der Waals surface area contributed by atoms with Gasteiger partial charge < -0.3 is 5.73 Å². The lowest BCUT2D eigenvalue weighted by Gasteiger charge is -2.06. The summed E-state index contributed by atoms with van der Waals surface area (Å²) in [6.07, 6.45) is 15.3. The van der Waals surface area contributed by atoms with Gasteiger partial charge in [-0.2, -0.15) is 0 Å². The van der Waals surface area contributed by atoms with Crippen molar-refractivity contribution >= 4 is 0 Å². The fourth-order valence-electron chi connectivity index (χ4n) is 1.89. The summed E-state index contributed by atoms with van der Waals surface area (Å²) in [5.74, 6) is 0.733. The lowest BCUT2D eigenvalue weighted by Crippen LogP contribution is -2.10. The molecule has 0 rings (SSSR count). The maximum atomic E-state index is 5.49. The number of nitrogens with two attached hydrogens (primary N) is 1. The Balaban J connectivity index is 0. The summed E-state index contributed by atoms with van der Waals surface area (Å²) in [5, 5.41) is 0. The summed E-state index contributed by atoms with van der Waals surface area (Å²) < 4.78 is 0. The number of hydrogen-bond donors (Lipinski definition) is 1. The molecule has 0 aromatic rings. The van der Waals surface area contributed by atoms with Crippen LogP contribution >= 0.6 is 0 Å². The molecule has 18 heavy (non-hydrogen) atoms. The Hall–Kier alpha value is -0.0400. The van der Waals surface area contributed by atoms with Crippen molar-refractivity contribution in [2.45, 2.75) is 98.3 Å². The second kappa shape index (κ2) is 19.3. The van der Waals surface area contributed by atoms with Crippen LogP contribution in [0.15, 0.2) is 0 Å². The molecule has 0 aliphatic carbocycles. The molecule has 1 unspecified atom stereocenters. The minimum atomic E-state index is 0.733. The molecule has 112 valence electrons. The summed E-state index contributed by atoms with van der Waals surface area (Å²) in [6, 6.07) is 0. The van der Waals surface area contributed by atoms with Gasteiger partial charge in [-0.1, -0.05) is 91.9 Å². The van der Waals surface area contributed by atoms with Gasteiger partial charge in [0.25, 0.3) is 0 Å². The van der Waals surface area contributed by atoms with Gasteiger partial charge in [0.2, 0.25) is 0 Å². The fraction of sp³-hybridized carbons (Fsp3) is 1.00. The zero-order valence-electron chi connectivity index (χ0n) is 13.6. The Morgan fingerprint density at radius 2 is 1.06 bits per heavy atom. The average molecular weight is 258 g/mol. The molecule has 0 saturated carbocycles. The molecular formula is C17H39N. The maximum Gasteiger partial charge on any atom is -0.00515 e. The highest BCUT2D eigenvalue weighted by Crippen LogP contribution is 2.08. The molecule has 0 aromatic heterocycles. The molecule has 0 heterocycles. The van der Waals surface area contributed by atoms with Crippen molar-refractivity contribution in [2.24, 2.45) is 11.7 Å². The molecule has 0 aliphatic rings. The van der Waals surface area contributed by atoms with Gasteiger partial charge in [0.05, 0.1) is 0 Å². The summed E-state index contributed by atoms with van der Waals surface area (Å²) in [7, 11) is 0. The Morgan fingerprint density at radius 3 is 1.39 bits per heavy atom. The zero-order valence-corrected chi connectivity index (χ0v) is 13.6.